The number of carbonyl (C=O) groups excluding carboxylic acids is 1. The summed E-state index contributed by atoms with van der Waals surface area (Å²) in [7, 11) is 0. The van der Waals surface area contributed by atoms with Gasteiger partial charge in [-0.25, -0.2) is 0 Å². The van der Waals surface area contributed by atoms with Gasteiger partial charge in [0.15, 0.2) is 5.78 Å². The first-order chi connectivity index (χ1) is 9.08. The van der Waals surface area contributed by atoms with Crippen molar-refractivity contribution in [1.82, 2.24) is 0 Å². The van der Waals surface area contributed by atoms with Gasteiger partial charge in [0.2, 0.25) is 0 Å². The minimum Gasteiger partial charge on any atom is -0.506 e. The quantitative estimate of drug-likeness (QED) is 0.651. The van der Waals surface area contributed by atoms with Crippen LogP contribution in [0.1, 0.15) is 15.9 Å². The second-order valence-corrected chi connectivity index (χ2v) is 5.21. The van der Waals surface area contributed by atoms with Gasteiger partial charge < -0.3 is 5.11 Å². The molecule has 0 atom stereocenters. The number of allylic oxidation sites excluding steroid dienone is 1. The third-order valence-electron chi connectivity index (χ3n) is 2.52. The first-order valence-electron chi connectivity index (χ1n) is 5.53. The molecule has 2 aromatic carbocycles. The summed E-state index contributed by atoms with van der Waals surface area (Å²) < 4.78 is 0.645. The van der Waals surface area contributed by atoms with E-state index in [1.807, 2.05) is 30.3 Å². The summed E-state index contributed by atoms with van der Waals surface area (Å²) in [5, 5.41) is 9.93. The predicted octanol–water partition coefficient (Wildman–Crippen LogP) is 4.70. The smallest absolute Gasteiger partial charge is 0.189 e. The van der Waals surface area contributed by atoms with E-state index in [-0.39, 0.29) is 22.1 Å². The molecule has 0 bridgehead atoms. The molecule has 4 heteroatoms. The van der Waals surface area contributed by atoms with Gasteiger partial charge in [0, 0.05) is 4.47 Å². The Balaban J connectivity index is 2.28. The normalized spacial score (nSPS) is 10.8. The number of phenols is 1. The predicted molar refractivity (Wildman–Crippen MR) is 80.6 cm³/mol. The highest BCUT2D eigenvalue weighted by atomic mass is 79.9. The Morgan fingerprint density at radius 3 is 2.58 bits per heavy atom. The highest BCUT2D eigenvalue weighted by Gasteiger charge is 2.12. The summed E-state index contributed by atoms with van der Waals surface area (Å²) in [6, 6.07) is 12.5. The van der Waals surface area contributed by atoms with E-state index < -0.39 is 0 Å². The number of ketones is 1. The Bertz CT molecular complexity index is 636. The number of hydrogen-bond donors (Lipinski definition) is 1. The van der Waals surface area contributed by atoms with E-state index in [1.165, 1.54) is 12.1 Å². The molecular weight excluding hydrogens is 328 g/mol. The van der Waals surface area contributed by atoms with Crippen molar-refractivity contribution in [3.05, 3.63) is 69.2 Å². The molecular formula is C15H10BrClO2. The lowest BCUT2D eigenvalue weighted by Crippen LogP contribution is -1.95. The molecule has 0 fully saturated rings. The van der Waals surface area contributed by atoms with E-state index >= 15 is 0 Å². The average Bonchev–Trinajstić information content (AvgIpc) is 2.41. The molecule has 0 spiro atoms. The number of halogens is 2. The maximum Gasteiger partial charge on any atom is 0.189 e. The van der Waals surface area contributed by atoms with Crippen molar-refractivity contribution in [2.24, 2.45) is 0 Å². The van der Waals surface area contributed by atoms with Crippen molar-refractivity contribution in [2.75, 3.05) is 0 Å². The van der Waals surface area contributed by atoms with Crippen molar-refractivity contribution in [3.8, 4) is 5.75 Å². The lowest BCUT2D eigenvalue weighted by atomic mass is 10.1. The number of hydrogen-bond acceptors (Lipinski definition) is 2. The first kappa shape index (κ1) is 13.8. The maximum atomic E-state index is 12.0. The van der Waals surface area contributed by atoms with E-state index in [9.17, 15) is 9.90 Å². The van der Waals surface area contributed by atoms with Crippen molar-refractivity contribution < 1.29 is 9.90 Å². The molecule has 0 aliphatic rings. The fraction of sp³-hybridized carbons (Fsp3) is 0. The van der Waals surface area contributed by atoms with Gasteiger partial charge in [-0.05, 0) is 23.8 Å². The molecule has 2 rings (SSSR count). The van der Waals surface area contributed by atoms with E-state index in [0.717, 1.165) is 5.56 Å². The molecule has 0 heterocycles. The van der Waals surface area contributed by atoms with Crippen LogP contribution in [0.25, 0.3) is 6.08 Å². The largest absolute Gasteiger partial charge is 0.506 e. The van der Waals surface area contributed by atoms with Gasteiger partial charge in [-0.15, -0.1) is 0 Å². The average molecular weight is 338 g/mol. The third kappa shape index (κ3) is 3.46. The molecule has 0 saturated heterocycles. The lowest BCUT2D eigenvalue weighted by Gasteiger charge is -2.03. The first-order valence-corrected chi connectivity index (χ1v) is 6.70. The van der Waals surface area contributed by atoms with Crippen molar-refractivity contribution >= 4 is 39.4 Å². The van der Waals surface area contributed by atoms with Crippen LogP contribution in [-0.4, -0.2) is 10.9 Å². The SMILES string of the molecule is O=C(C=Cc1ccccc1)c1cc(Br)cc(Cl)c1O. The number of carbonyl (C=O) groups is 1. The highest BCUT2D eigenvalue weighted by Crippen LogP contribution is 2.31. The fourth-order valence-corrected chi connectivity index (χ4v) is 2.39. The van der Waals surface area contributed by atoms with Crippen LogP contribution < -0.4 is 0 Å². The molecule has 0 aliphatic heterocycles. The van der Waals surface area contributed by atoms with Crippen LogP contribution in [0.3, 0.4) is 0 Å². The molecule has 0 unspecified atom stereocenters. The lowest BCUT2D eigenvalue weighted by molar-refractivity contribution is 0.104. The Hall–Kier alpha value is -1.58. The summed E-state index contributed by atoms with van der Waals surface area (Å²) in [6.07, 6.45) is 3.10. The fourth-order valence-electron chi connectivity index (χ4n) is 1.58. The molecule has 0 amide bonds. The highest BCUT2D eigenvalue weighted by molar-refractivity contribution is 9.10. The molecule has 2 nitrogen and oxygen atoms in total. The minimum absolute atomic E-state index is 0.144. The van der Waals surface area contributed by atoms with Gasteiger partial charge in [-0.1, -0.05) is 63.9 Å². The minimum atomic E-state index is -0.301. The topological polar surface area (TPSA) is 37.3 Å². The van der Waals surface area contributed by atoms with Gasteiger partial charge in [-0.3, -0.25) is 4.79 Å². The third-order valence-corrected chi connectivity index (χ3v) is 3.27. The summed E-state index contributed by atoms with van der Waals surface area (Å²) >= 11 is 9.06. The van der Waals surface area contributed by atoms with Crippen molar-refractivity contribution in [2.45, 2.75) is 0 Å². The molecule has 96 valence electrons. The summed E-state index contributed by atoms with van der Waals surface area (Å²) in [5.74, 6) is -0.503. The summed E-state index contributed by atoms with van der Waals surface area (Å²) in [6.45, 7) is 0. The van der Waals surface area contributed by atoms with Gasteiger partial charge in [0.1, 0.15) is 5.75 Å². The van der Waals surface area contributed by atoms with Gasteiger partial charge in [-0.2, -0.15) is 0 Å². The summed E-state index contributed by atoms with van der Waals surface area (Å²) in [5.41, 5.74) is 1.09. The molecule has 2 aromatic rings. The second-order valence-electron chi connectivity index (χ2n) is 3.89. The van der Waals surface area contributed by atoms with Crippen LogP contribution in [0.2, 0.25) is 5.02 Å². The Morgan fingerprint density at radius 2 is 1.89 bits per heavy atom. The zero-order valence-corrected chi connectivity index (χ0v) is 12.1. The number of phenolic OH excluding ortho intramolecular Hbond substituents is 1. The van der Waals surface area contributed by atoms with Gasteiger partial charge in [0.05, 0.1) is 10.6 Å². The van der Waals surface area contributed by atoms with E-state index in [2.05, 4.69) is 15.9 Å². The molecule has 0 radical (unpaired) electrons. The van der Waals surface area contributed by atoms with Crippen molar-refractivity contribution in [3.63, 3.8) is 0 Å². The molecule has 0 saturated carbocycles. The molecule has 19 heavy (non-hydrogen) atoms. The van der Waals surface area contributed by atoms with E-state index in [1.54, 1.807) is 12.1 Å². The van der Waals surface area contributed by atoms with Crippen LogP contribution >= 0.6 is 27.5 Å². The Kier molecular flexibility index (Phi) is 4.40. The van der Waals surface area contributed by atoms with E-state index in [0.29, 0.717) is 4.47 Å². The van der Waals surface area contributed by atoms with Crippen LogP contribution in [0.15, 0.2) is 53.0 Å². The Labute approximate surface area is 124 Å². The van der Waals surface area contributed by atoms with Crippen LogP contribution in [0.5, 0.6) is 5.75 Å². The second kappa shape index (κ2) is 6.04. The van der Waals surface area contributed by atoms with Crippen LogP contribution in [-0.2, 0) is 0 Å². The van der Waals surface area contributed by atoms with Gasteiger partial charge in [0.25, 0.3) is 0 Å². The molecule has 0 aliphatic carbocycles. The molecule has 1 N–H and O–H groups in total. The maximum absolute atomic E-state index is 12.0. The molecule has 0 aromatic heterocycles. The number of rotatable bonds is 3. The number of aromatic hydroxyl groups is 1. The van der Waals surface area contributed by atoms with Crippen LogP contribution in [0.4, 0.5) is 0 Å². The zero-order valence-electron chi connectivity index (χ0n) is 9.81. The number of benzene rings is 2. The van der Waals surface area contributed by atoms with Gasteiger partial charge >= 0.3 is 0 Å². The summed E-state index contributed by atoms with van der Waals surface area (Å²) in [4.78, 5) is 12.0. The van der Waals surface area contributed by atoms with Crippen molar-refractivity contribution in [1.29, 1.82) is 0 Å². The Morgan fingerprint density at radius 1 is 1.21 bits per heavy atom. The monoisotopic (exact) mass is 336 g/mol. The zero-order chi connectivity index (χ0) is 13.8. The van der Waals surface area contributed by atoms with E-state index in [4.69, 9.17) is 11.6 Å². The van der Waals surface area contributed by atoms with Crippen LogP contribution in [0, 0.1) is 0 Å². The standard InChI is InChI=1S/C15H10BrClO2/c16-11-8-12(15(19)13(17)9-11)14(18)7-6-10-4-2-1-3-5-10/h1-9,19H.